The van der Waals surface area contributed by atoms with Gasteiger partial charge in [-0.3, -0.25) is 0 Å². The molecule has 0 N–H and O–H groups in total. The van der Waals surface area contributed by atoms with Crippen molar-refractivity contribution in [2.45, 2.75) is 30.5 Å². The maximum absolute atomic E-state index is 13.0. The first kappa shape index (κ1) is 14.0. The Kier molecular flexibility index (Phi) is 3.88. The Labute approximate surface area is 126 Å². The van der Waals surface area contributed by atoms with Gasteiger partial charge in [-0.15, -0.1) is 11.8 Å². The molecule has 0 saturated carbocycles. The molecule has 21 heavy (non-hydrogen) atoms. The van der Waals surface area contributed by atoms with E-state index < -0.39 is 0 Å². The molecular weight excluding hydrogens is 287 g/mol. The van der Waals surface area contributed by atoms with Gasteiger partial charge in [0.2, 0.25) is 0 Å². The molecule has 0 bridgehead atoms. The van der Waals surface area contributed by atoms with Crippen LogP contribution in [0.5, 0.6) is 0 Å². The van der Waals surface area contributed by atoms with Gasteiger partial charge in [-0.25, -0.2) is 19.0 Å². The monoisotopic (exact) mass is 302 g/mol. The summed E-state index contributed by atoms with van der Waals surface area (Å²) >= 11 is 1.72. The van der Waals surface area contributed by atoms with Crippen molar-refractivity contribution in [1.29, 1.82) is 0 Å². The van der Waals surface area contributed by atoms with Crippen molar-refractivity contribution in [2.24, 2.45) is 0 Å². The Morgan fingerprint density at radius 3 is 2.71 bits per heavy atom. The number of nitrogens with zero attached hydrogens (tertiary/aromatic N) is 4. The minimum atomic E-state index is -0.266. The predicted molar refractivity (Wildman–Crippen MR) is 82.2 cm³/mol. The zero-order valence-electron chi connectivity index (χ0n) is 11.8. The first-order chi connectivity index (χ1) is 10.2. The van der Waals surface area contributed by atoms with Crippen LogP contribution in [-0.4, -0.2) is 25.0 Å². The number of thioether (sulfide) groups is 1. The van der Waals surface area contributed by atoms with Gasteiger partial charge in [0, 0.05) is 5.25 Å². The number of halogens is 1. The van der Waals surface area contributed by atoms with Crippen LogP contribution >= 0.6 is 11.8 Å². The first-order valence-electron chi connectivity index (χ1n) is 6.80. The fourth-order valence-electron chi connectivity index (χ4n) is 1.96. The van der Waals surface area contributed by atoms with Crippen LogP contribution < -0.4 is 0 Å². The first-order valence-corrected chi connectivity index (χ1v) is 7.68. The van der Waals surface area contributed by atoms with Crippen molar-refractivity contribution >= 4 is 22.8 Å². The molecule has 2 aromatic heterocycles. The predicted octanol–water partition coefficient (Wildman–Crippen LogP) is 3.85. The lowest BCUT2D eigenvalue weighted by atomic mass is 10.3. The van der Waals surface area contributed by atoms with E-state index in [0.717, 1.165) is 28.2 Å². The van der Waals surface area contributed by atoms with E-state index in [4.69, 9.17) is 0 Å². The molecule has 0 aliphatic rings. The summed E-state index contributed by atoms with van der Waals surface area (Å²) in [5.74, 6) is -0.266. The zero-order chi connectivity index (χ0) is 14.8. The van der Waals surface area contributed by atoms with Crippen molar-refractivity contribution in [3.8, 4) is 5.69 Å². The molecule has 1 unspecified atom stereocenters. The molecule has 3 rings (SSSR count). The van der Waals surface area contributed by atoms with E-state index in [0.29, 0.717) is 5.25 Å². The van der Waals surface area contributed by atoms with Crippen molar-refractivity contribution in [3.05, 3.63) is 42.6 Å². The average Bonchev–Trinajstić information content (AvgIpc) is 2.93. The summed E-state index contributed by atoms with van der Waals surface area (Å²) in [6.45, 7) is 4.32. The molecule has 0 aliphatic heterocycles. The average molecular weight is 302 g/mol. The van der Waals surface area contributed by atoms with Crippen LogP contribution in [-0.2, 0) is 0 Å². The summed E-state index contributed by atoms with van der Waals surface area (Å²) in [7, 11) is 0. The molecule has 0 aliphatic carbocycles. The van der Waals surface area contributed by atoms with Crippen LogP contribution in [0.4, 0.5) is 4.39 Å². The van der Waals surface area contributed by atoms with Gasteiger partial charge >= 0.3 is 0 Å². The number of hydrogen-bond donors (Lipinski definition) is 0. The third-order valence-electron chi connectivity index (χ3n) is 3.29. The minimum absolute atomic E-state index is 0.266. The topological polar surface area (TPSA) is 43.6 Å². The summed E-state index contributed by atoms with van der Waals surface area (Å²) < 4.78 is 14.7. The van der Waals surface area contributed by atoms with Crippen LogP contribution in [0.1, 0.15) is 20.3 Å². The van der Waals surface area contributed by atoms with Gasteiger partial charge in [-0.2, -0.15) is 5.10 Å². The maximum atomic E-state index is 13.0. The van der Waals surface area contributed by atoms with Gasteiger partial charge in [-0.05, 0) is 30.7 Å². The molecule has 0 spiro atoms. The van der Waals surface area contributed by atoms with Crippen molar-refractivity contribution in [1.82, 2.24) is 19.7 Å². The van der Waals surface area contributed by atoms with Crippen molar-refractivity contribution in [3.63, 3.8) is 0 Å². The Balaban J connectivity index is 2.06. The summed E-state index contributed by atoms with van der Waals surface area (Å²) in [5, 5.41) is 6.71. The Morgan fingerprint density at radius 2 is 2.00 bits per heavy atom. The van der Waals surface area contributed by atoms with Gasteiger partial charge in [0.05, 0.1) is 17.3 Å². The molecule has 0 fully saturated rings. The third-order valence-corrected chi connectivity index (χ3v) is 4.57. The lowest BCUT2D eigenvalue weighted by Gasteiger charge is -2.08. The molecule has 0 radical (unpaired) electrons. The Bertz CT molecular complexity index is 754. The van der Waals surface area contributed by atoms with Crippen LogP contribution in [0.3, 0.4) is 0 Å². The lowest BCUT2D eigenvalue weighted by Crippen LogP contribution is -1.99. The second-order valence-corrected chi connectivity index (χ2v) is 6.21. The van der Waals surface area contributed by atoms with E-state index in [1.807, 2.05) is 0 Å². The minimum Gasteiger partial charge on any atom is -0.229 e. The van der Waals surface area contributed by atoms with Crippen LogP contribution in [0.15, 0.2) is 41.8 Å². The van der Waals surface area contributed by atoms with E-state index in [-0.39, 0.29) is 5.82 Å². The zero-order valence-corrected chi connectivity index (χ0v) is 12.6. The summed E-state index contributed by atoms with van der Waals surface area (Å²) in [6.07, 6.45) is 4.39. The quantitative estimate of drug-likeness (QED) is 0.542. The van der Waals surface area contributed by atoms with E-state index >= 15 is 0 Å². The normalized spacial score (nSPS) is 12.7. The van der Waals surface area contributed by atoms with Crippen LogP contribution in [0.25, 0.3) is 16.7 Å². The van der Waals surface area contributed by atoms with Gasteiger partial charge < -0.3 is 0 Å². The fraction of sp³-hybridized carbons (Fsp3) is 0.267. The second kappa shape index (κ2) is 5.81. The van der Waals surface area contributed by atoms with Crippen LogP contribution in [0, 0.1) is 5.82 Å². The Morgan fingerprint density at radius 1 is 1.24 bits per heavy atom. The standard InChI is InChI=1S/C15H15FN4S/c1-3-10(2)21-15-13-8-19-20(14(13)17-9-18-15)12-6-4-11(16)5-7-12/h4-10H,3H2,1-2H3. The van der Waals surface area contributed by atoms with Crippen LogP contribution in [0.2, 0.25) is 0 Å². The van der Waals surface area contributed by atoms with E-state index in [9.17, 15) is 4.39 Å². The molecule has 0 amide bonds. The molecule has 1 atom stereocenters. The van der Waals surface area contributed by atoms with Gasteiger partial charge in [0.1, 0.15) is 17.2 Å². The second-order valence-electron chi connectivity index (χ2n) is 4.79. The number of aromatic nitrogens is 4. The van der Waals surface area contributed by atoms with E-state index in [1.54, 1.807) is 41.1 Å². The summed E-state index contributed by atoms with van der Waals surface area (Å²) in [6, 6.07) is 6.20. The van der Waals surface area contributed by atoms with Gasteiger partial charge in [0.25, 0.3) is 0 Å². The SMILES string of the molecule is CCC(C)Sc1ncnc2c1cnn2-c1ccc(F)cc1. The summed E-state index contributed by atoms with van der Waals surface area (Å²) in [4.78, 5) is 8.67. The maximum Gasteiger partial charge on any atom is 0.167 e. The molecule has 3 aromatic rings. The molecule has 1 aromatic carbocycles. The van der Waals surface area contributed by atoms with Crippen molar-refractivity contribution in [2.75, 3.05) is 0 Å². The molecule has 108 valence electrons. The van der Waals surface area contributed by atoms with E-state index in [2.05, 4.69) is 28.9 Å². The highest BCUT2D eigenvalue weighted by Gasteiger charge is 2.13. The number of fused-ring (bicyclic) bond motifs is 1. The molecular formula is C15H15FN4S. The Hall–Kier alpha value is -1.95. The number of rotatable bonds is 4. The third kappa shape index (κ3) is 2.76. The molecule has 0 saturated heterocycles. The van der Waals surface area contributed by atoms with Crippen molar-refractivity contribution < 1.29 is 4.39 Å². The fourth-order valence-corrected chi connectivity index (χ4v) is 2.89. The summed E-state index contributed by atoms with van der Waals surface area (Å²) in [5.41, 5.74) is 1.52. The van der Waals surface area contributed by atoms with E-state index in [1.165, 1.54) is 12.1 Å². The highest BCUT2D eigenvalue weighted by Crippen LogP contribution is 2.29. The lowest BCUT2D eigenvalue weighted by molar-refractivity contribution is 0.627. The number of benzene rings is 1. The highest BCUT2D eigenvalue weighted by atomic mass is 32.2. The number of hydrogen-bond acceptors (Lipinski definition) is 4. The highest BCUT2D eigenvalue weighted by molar-refractivity contribution is 8.00. The van der Waals surface area contributed by atoms with Gasteiger partial charge in [-0.1, -0.05) is 13.8 Å². The molecule has 4 nitrogen and oxygen atoms in total. The smallest absolute Gasteiger partial charge is 0.167 e. The molecule has 6 heteroatoms. The largest absolute Gasteiger partial charge is 0.229 e. The van der Waals surface area contributed by atoms with Gasteiger partial charge in [0.15, 0.2) is 5.65 Å². The molecule has 2 heterocycles.